The van der Waals surface area contributed by atoms with Crippen LogP contribution in [0.5, 0.6) is 0 Å². The number of benzene rings is 1. The molecule has 0 radical (unpaired) electrons. The normalized spacial score (nSPS) is 12.7. The van der Waals surface area contributed by atoms with Crippen LogP contribution in [0, 0.1) is 6.92 Å². The topological polar surface area (TPSA) is 12.0 Å². The van der Waals surface area contributed by atoms with Gasteiger partial charge in [-0.2, -0.15) is 0 Å². The quantitative estimate of drug-likeness (QED) is 0.735. The summed E-state index contributed by atoms with van der Waals surface area (Å²) in [4.78, 5) is 2.75. The highest BCUT2D eigenvalue weighted by Crippen LogP contribution is 2.27. The first-order valence-electron chi connectivity index (χ1n) is 5.80. The number of nitrogens with one attached hydrogen (secondary N) is 1. The highest BCUT2D eigenvalue weighted by Gasteiger charge is 2.09. The third-order valence-corrected chi connectivity index (χ3v) is 4.99. The van der Waals surface area contributed by atoms with Crippen LogP contribution < -0.4 is 5.32 Å². The van der Waals surface area contributed by atoms with Gasteiger partial charge in [0.05, 0.1) is 0 Å². The monoisotopic (exact) mass is 387 g/mol. The first-order chi connectivity index (χ1) is 8.56. The van der Waals surface area contributed by atoms with Crippen LogP contribution >= 0.6 is 43.2 Å². The highest BCUT2D eigenvalue weighted by molar-refractivity contribution is 9.11. The van der Waals surface area contributed by atoms with Crippen molar-refractivity contribution >= 4 is 43.2 Å². The van der Waals surface area contributed by atoms with Gasteiger partial charge in [-0.25, -0.2) is 0 Å². The predicted octanol–water partition coefficient (Wildman–Crippen LogP) is 5.43. The molecule has 0 fully saturated rings. The van der Waals surface area contributed by atoms with Crippen LogP contribution in [0.15, 0.2) is 39.3 Å². The van der Waals surface area contributed by atoms with Crippen molar-refractivity contribution in [1.82, 2.24) is 5.32 Å². The Morgan fingerprint density at radius 2 is 2.00 bits per heavy atom. The Morgan fingerprint density at radius 1 is 1.22 bits per heavy atom. The van der Waals surface area contributed by atoms with Crippen molar-refractivity contribution in [3.05, 3.63) is 54.6 Å². The summed E-state index contributed by atoms with van der Waals surface area (Å²) in [7, 11) is 0. The zero-order chi connectivity index (χ0) is 13.1. The summed E-state index contributed by atoms with van der Waals surface area (Å²) in [5.41, 5.74) is 1.28. The van der Waals surface area contributed by atoms with Crippen LogP contribution in [-0.4, -0.2) is 0 Å². The minimum Gasteiger partial charge on any atom is -0.305 e. The van der Waals surface area contributed by atoms with Gasteiger partial charge >= 0.3 is 0 Å². The van der Waals surface area contributed by atoms with Gasteiger partial charge < -0.3 is 5.32 Å². The third kappa shape index (κ3) is 3.67. The van der Waals surface area contributed by atoms with Crippen LogP contribution in [0.1, 0.15) is 28.3 Å². The predicted molar refractivity (Wildman–Crippen MR) is 86.2 cm³/mol. The Morgan fingerprint density at radius 3 is 2.61 bits per heavy atom. The van der Waals surface area contributed by atoms with Gasteiger partial charge in [-0.3, -0.25) is 0 Å². The van der Waals surface area contributed by atoms with Crippen molar-refractivity contribution in [2.75, 3.05) is 0 Å². The number of hydrogen-bond donors (Lipinski definition) is 1. The standard InChI is InChI=1S/C14H15Br2NS/c1-9-3-5-12(18-9)8-17-10(2)13-6-4-11(15)7-14(13)16/h3-7,10,17H,8H2,1-2H3. The second kappa shape index (κ2) is 6.33. The number of thiophene rings is 1. The summed E-state index contributed by atoms with van der Waals surface area (Å²) >= 11 is 8.94. The van der Waals surface area contributed by atoms with Crippen molar-refractivity contribution < 1.29 is 0 Å². The van der Waals surface area contributed by atoms with Crippen LogP contribution in [-0.2, 0) is 6.54 Å². The molecule has 0 aliphatic carbocycles. The van der Waals surface area contributed by atoms with E-state index in [1.54, 1.807) is 0 Å². The van der Waals surface area contributed by atoms with Gasteiger partial charge in [0.15, 0.2) is 0 Å². The fourth-order valence-electron chi connectivity index (χ4n) is 1.80. The molecule has 1 N–H and O–H groups in total. The van der Waals surface area contributed by atoms with Gasteiger partial charge in [-0.15, -0.1) is 11.3 Å². The molecular formula is C14H15Br2NS. The summed E-state index contributed by atoms with van der Waals surface area (Å²) < 4.78 is 2.23. The van der Waals surface area contributed by atoms with E-state index < -0.39 is 0 Å². The lowest BCUT2D eigenvalue weighted by Crippen LogP contribution is -2.17. The van der Waals surface area contributed by atoms with Crippen LogP contribution in [0.3, 0.4) is 0 Å². The minimum atomic E-state index is 0.329. The fraction of sp³-hybridized carbons (Fsp3) is 0.286. The summed E-state index contributed by atoms with van der Waals surface area (Å²) in [6, 6.07) is 11.0. The first kappa shape index (κ1) is 14.3. The molecular weight excluding hydrogens is 374 g/mol. The third-order valence-electron chi connectivity index (χ3n) is 2.81. The van der Waals surface area contributed by atoms with E-state index in [0.29, 0.717) is 6.04 Å². The molecule has 96 valence electrons. The smallest absolute Gasteiger partial charge is 0.0306 e. The van der Waals surface area contributed by atoms with E-state index in [0.717, 1.165) is 15.5 Å². The number of halogens is 2. The molecule has 2 aromatic rings. The van der Waals surface area contributed by atoms with Crippen LogP contribution in [0.4, 0.5) is 0 Å². The Hall–Kier alpha value is -0.160. The molecule has 1 unspecified atom stereocenters. The van der Waals surface area contributed by atoms with E-state index in [1.807, 2.05) is 11.3 Å². The second-order valence-corrected chi connectivity index (χ2v) is 7.42. The van der Waals surface area contributed by atoms with Crippen molar-refractivity contribution in [2.45, 2.75) is 26.4 Å². The Labute approximate surface area is 129 Å². The number of aryl methyl sites for hydroxylation is 1. The van der Waals surface area contributed by atoms with Gasteiger partial charge in [-0.05, 0) is 43.7 Å². The molecule has 0 amide bonds. The summed E-state index contributed by atoms with van der Waals surface area (Å²) in [6.45, 7) is 5.25. The first-order valence-corrected chi connectivity index (χ1v) is 8.20. The SMILES string of the molecule is Cc1ccc(CNC(C)c2ccc(Br)cc2Br)s1. The summed E-state index contributed by atoms with van der Waals surface area (Å²) in [6.07, 6.45) is 0. The Bertz CT molecular complexity index is 536. The molecule has 2 rings (SSSR count). The molecule has 4 heteroatoms. The van der Waals surface area contributed by atoms with Crippen molar-refractivity contribution in [3.63, 3.8) is 0 Å². The van der Waals surface area contributed by atoms with Crippen LogP contribution in [0.2, 0.25) is 0 Å². The second-order valence-electron chi connectivity index (χ2n) is 4.28. The van der Waals surface area contributed by atoms with E-state index in [-0.39, 0.29) is 0 Å². The lowest BCUT2D eigenvalue weighted by Gasteiger charge is -2.15. The molecule has 1 nitrogen and oxygen atoms in total. The van der Waals surface area contributed by atoms with Gasteiger partial charge in [0.1, 0.15) is 0 Å². The average molecular weight is 389 g/mol. The molecule has 1 atom stereocenters. The molecule has 0 bridgehead atoms. The molecule has 0 aliphatic heterocycles. The van der Waals surface area contributed by atoms with E-state index >= 15 is 0 Å². The maximum absolute atomic E-state index is 3.61. The zero-order valence-corrected chi connectivity index (χ0v) is 14.3. The van der Waals surface area contributed by atoms with Gasteiger partial charge in [0.2, 0.25) is 0 Å². The largest absolute Gasteiger partial charge is 0.305 e. The molecule has 1 aromatic carbocycles. The van der Waals surface area contributed by atoms with Crippen molar-refractivity contribution in [3.8, 4) is 0 Å². The van der Waals surface area contributed by atoms with Gasteiger partial charge in [-0.1, -0.05) is 37.9 Å². The van der Waals surface area contributed by atoms with E-state index in [9.17, 15) is 0 Å². The highest BCUT2D eigenvalue weighted by atomic mass is 79.9. The van der Waals surface area contributed by atoms with E-state index in [4.69, 9.17) is 0 Å². The van der Waals surface area contributed by atoms with Crippen LogP contribution in [0.25, 0.3) is 0 Å². The molecule has 0 spiro atoms. The molecule has 18 heavy (non-hydrogen) atoms. The van der Waals surface area contributed by atoms with Gasteiger partial charge in [0.25, 0.3) is 0 Å². The summed E-state index contributed by atoms with van der Waals surface area (Å²) in [5.74, 6) is 0. The Kier molecular flexibility index (Phi) is 5.01. The number of rotatable bonds is 4. The van der Waals surface area contributed by atoms with Crippen molar-refractivity contribution in [2.24, 2.45) is 0 Å². The minimum absolute atomic E-state index is 0.329. The van der Waals surface area contributed by atoms with E-state index in [2.05, 4.69) is 81.4 Å². The van der Waals surface area contributed by atoms with Crippen molar-refractivity contribution in [1.29, 1.82) is 0 Å². The average Bonchev–Trinajstić information content (AvgIpc) is 2.72. The molecule has 0 aliphatic rings. The Balaban J connectivity index is 2.01. The molecule has 0 saturated heterocycles. The molecule has 0 saturated carbocycles. The lowest BCUT2D eigenvalue weighted by molar-refractivity contribution is 0.577. The van der Waals surface area contributed by atoms with Gasteiger partial charge in [0, 0.05) is 31.3 Å². The summed E-state index contributed by atoms with van der Waals surface area (Å²) in [5, 5.41) is 3.55. The maximum atomic E-state index is 3.61. The van der Waals surface area contributed by atoms with E-state index in [1.165, 1.54) is 15.3 Å². The fourth-order valence-corrected chi connectivity index (χ4v) is 4.03. The number of hydrogen-bond acceptors (Lipinski definition) is 2. The molecule has 1 aromatic heterocycles. The lowest BCUT2D eigenvalue weighted by atomic mass is 10.1. The maximum Gasteiger partial charge on any atom is 0.0306 e. The zero-order valence-electron chi connectivity index (χ0n) is 10.3. The molecule has 1 heterocycles.